The highest BCUT2D eigenvalue weighted by Gasteiger charge is 2.18. The number of benzene rings is 1. The van der Waals surface area contributed by atoms with Crippen molar-refractivity contribution in [3.63, 3.8) is 0 Å². The monoisotopic (exact) mass is 213 g/mol. The summed E-state index contributed by atoms with van der Waals surface area (Å²) in [5.74, 6) is -0.895. The number of hydrogen-bond acceptors (Lipinski definition) is 1. The van der Waals surface area contributed by atoms with Crippen molar-refractivity contribution in [3.8, 4) is 0 Å². The molecule has 1 nitrogen and oxygen atoms in total. The van der Waals surface area contributed by atoms with Gasteiger partial charge in [-0.05, 0) is 31.5 Å². The van der Waals surface area contributed by atoms with E-state index in [0.717, 1.165) is 0 Å². The fraction of sp³-hybridized carbons (Fsp3) is 0.500. The molecule has 0 saturated heterocycles. The molecule has 0 radical (unpaired) electrons. The molecule has 15 heavy (non-hydrogen) atoms. The molecule has 0 aliphatic heterocycles. The van der Waals surface area contributed by atoms with Gasteiger partial charge in [0, 0.05) is 11.6 Å². The van der Waals surface area contributed by atoms with E-state index in [0.29, 0.717) is 18.5 Å². The molecule has 0 saturated carbocycles. The summed E-state index contributed by atoms with van der Waals surface area (Å²) in [4.78, 5) is 0. The molecule has 0 aliphatic carbocycles. The molecule has 1 unspecified atom stereocenters. The van der Waals surface area contributed by atoms with Crippen molar-refractivity contribution in [2.24, 2.45) is 0 Å². The third-order valence-electron chi connectivity index (χ3n) is 2.53. The Morgan fingerprint density at radius 2 is 1.93 bits per heavy atom. The summed E-state index contributed by atoms with van der Waals surface area (Å²) in [5, 5.41) is 3.08. The lowest BCUT2D eigenvalue weighted by Gasteiger charge is -2.18. The minimum atomic E-state index is -0.467. The van der Waals surface area contributed by atoms with Gasteiger partial charge in [-0.1, -0.05) is 19.9 Å². The molecule has 0 fully saturated rings. The number of nitrogens with one attached hydrogen (secondary N) is 1. The van der Waals surface area contributed by atoms with Crippen molar-refractivity contribution in [1.82, 2.24) is 5.32 Å². The normalized spacial score (nSPS) is 12.9. The Bertz CT molecular complexity index is 337. The molecular formula is C12H17F2N. The largest absolute Gasteiger partial charge is 0.310 e. The molecule has 0 amide bonds. The predicted octanol–water partition coefficient (Wildman–Crippen LogP) is 3.33. The highest BCUT2D eigenvalue weighted by molar-refractivity contribution is 5.29. The average Bonchev–Trinajstić information content (AvgIpc) is 2.22. The second kappa shape index (κ2) is 5.21. The van der Waals surface area contributed by atoms with Crippen LogP contribution in [0.5, 0.6) is 0 Å². The van der Waals surface area contributed by atoms with Crippen molar-refractivity contribution in [2.45, 2.75) is 33.2 Å². The van der Waals surface area contributed by atoms with Crippen LogP contribution in [0.25, 0.3) is 0 Å². The first kappa shape index (κ1) is 12.1. The molecular weight excluding hydrogens is 196 g/mol. The molecule has 3 heteroatoms. The molecule has 1 atom stereocenters. The van der Waals surface area contributed by atoms with Gasteiger partial charge in [-0.2, -0.15) is 0 Å². The summed E-state index contributed by atoms with van der Waals surface area (Å²) < 4.78 is 27.3. The van der Waals surface area contributed by atoms with Gasteiger partial charge in [0.2, 0.25) is 0 Å². The van der Waals surface area contributed by atoms with Crippen LogP contribution in [-0.4, -0.2) is 6.54 Å². The smallest absolute Gasteiger partial charge is 0.133 e. The minimum absolute atomic E-state index is 0.166. The van der Waals surface area contributed by atoms with E-state index in [4.69, 9.17) is 0 Å². The van der Waals surface area contributed by atoms with Crippen LogP contribution in [0, 0.1) is 18.6 Å². The summed E-state index contributed by atoms with van der Waals surface area (Å²) in [6.07, 6.45) is 0.672. The highest BCUT2D eigenvalue weighted by atomic mass is 19.1. The van der Waals surface area contributed by atoms with Crippen LogP contribution in [0.2, 0.25) is 0 Å². The number of rotatable bonds is 4. The van der Waals surface area contributed by atoms with Crippen molar-refractivity contribution in [3.05, 3.63) is 34.9 Å². The summed E-state index contributed by atoms with van der Waals surface area (Å²) >= 11 is 0. The SMILES string of the molecule is CCNC(CC)c1c(F)ccc(C)c1F. The van der Waals surface area contributed by atoms with E-state index in [-0.39, 0.29) is 11.6 Å². The summed E-state index contributed by atoms with van der Waals surface area (Å²) in [7, 11) is 0. The van der Waals surface area contributed by atoms with Gasteiger partial charge in [0.25, 0.3) is 0 Å². The second-order valence-corrected chi connectivity index (χ2v) is 3.61. The zero-order valence-electron chi connectivity index (χ0n) is 9.40. The van der Waals surface area contributed by atoms with Crippen molar-refractivity contribution in [1.29, 1.82) is 0 Å². The first-order valence-electron chi connectivity index (χ1n) is 5.29. The maximum Gasteiger partial charge on any atom is 0.133 e. The van der Waals surface area contributed by atoms with Gasteiger partial charge in [0.05, 0.1) is 0 Å². The van der Waals surface area contributed by atoms with E-state index in [1.165, 1.54) is 12.1 Å². The zero-order valence-corrected chi connectivity index (χ0v) is 9.40. The van der Waals surface area contributed by atoms with Gasteiger partial charge in [0.15, 0.2) is 0 Å². The molecule has 0 spiro atoms. The van der Waals surface area contributed by atoms with E-state index in [1.54, 1.807) is 6.92 Å². The number of aryl methyl sites for hydroxylation is 1. The summed E-state index contributed by atoms with van der Waals surface area (Å²) in [6.45, 7) is 6.19. The van der Waals surface area contributed by atoms with Crippen LogP contribution in [0.4, 0.5) is 8.78 Å². The third kappa shape index (κ3) is 2.53. The third-order valence-corrected chi connectivity index (χ3v) is 2.53. The molecule has 0 aromatic heterocycles. The van der Waals surface area contributed by atoms with E-state index in [2.05, 4.69) is 5.32 Å². The van der Waals surface area contributed by atoms with E-state index in [9.17, 15) is 8.78 Å². The molecule has 1 N–H and O–H groups in total. The fourth-order valence-corrected chi connectivity index (χ4v) is 1.69. The molecule has 84 valence electrons. The summed E-state index contributed by atoms with van der Waals surface area (Å²) in [5.41, 5.74) is 0.655. The Balaban J connectivity index is 3.15. The topological polar surface area (TPSA) is 12.0 Å². The lowest BCUT2D eigenvalue weighted by Crippen LogP contribution is -2.22. The molecule has 0 heterocycles. The van der Waals surface area contributed by atoms with Gasteiger partial charge in [-0.15, -0.1) is 0 Å². The minimum Gasteiger partial charge on any atom is -0.310 e. The maximum absolute atomic E-state index is 13.7. The van der Waals surface area contributed by atoms with E-state index in [1.807, 2.05) is 13.8 Å². The zero-order chi connectivity index (χ0) is 11.4. The first-order valence-corrected chi connectivity index (χ1v) is 5.29. The van der Waals surface area contributed by atoms with Crippen LogP contribution in [0.3, 0.4) is 0 Å². The van der Waals surface area contributed by atoms with Crippen molar-refractivity contribution < 1.29 is 8.78 Å². The lowest BCUT2D eigenvalue weighted by atomic mass is 10.0. The van der Waals surface area contributed by atoms with E-state index >= 15 is 0 Å². The highest BCUT2D eigenvalue weighted by Crippen LogP contribution is 2.25. The quantitative estimate of drug-likeness (QED) is 0.808. The Morgan fingerprint density at radius 3 is 2.47 bits per heavy atom. The van der Waals surface area contributed by atoms with E-state index < -0.39 is 11.6 Å². The van der Waals surface area contributed by atoms with Crippen molar-refractivity contribution >= 4 is 0 Å². The van der Waals surface area contributed by atoms with Gasteiger partial charge in [-0.3, -0.25) is 0 Å². The fourth-order valence-electron chi connectivity index (χ4n) is 1.69. The lowest BCUT2D eigenvalue weighted by molar-refractivity contribution is 0.464. The Hall–Kier alpha value is -0.960. The van der Waals surface area contributed by atoms with Crippen LogP contribution in [0.1, 0.15) is 37.4 Å². The average molecular weight is 213 g/mol. The Labute approximate surface area is 89.5 Å². The standard InChI is InChI=1S/C12H17F2N/c1-4-10(15-5-2)11-9(13)7-6-8(3)12(11)14/h6-7,10,15H,4-5H2,1-3H3. The van der Waals surface area contributed by atoms with Gasteiger partial charge >= 0.3 is 0 Å². The number of hydrogen-bond donors (Lipinski definition) is 1. The van der Waals surface area contributed by atoms with Crippen LogP contribution in [-0.2, 0) is 0 Å². The van der Waals surface area contributed by atoms with Gasteiger partial charge < -0.3 is 5.32 Å². The Kier molecular flexibility index (Phi) is 4.21. The second-order valence-electron chi connectivity index (χ2n) is 3.61. The molecule has 0 aliphatic rings. The molecule has 1 aromatic carbocycles. The number of halogens is 2. The molecule has 1 aromatic rings. The van der Waals surface area contributed by atoms with Crippen LogP contribution >= 0.6 is 0 Å². The Morgan fingerprint density at radius 1 is 1.27 bits per heavy atom. The first-order chi connectivity index (χ1) is 7.11. The van der Waals surface area contributed by atoms with Gasteiger partial charge in [-0.25, -0.2) is 8.78 Å². The van der Waals surface area contributed by atoms with Crippen molar-refractivity contribution in [2.75, 3.05) is 6.54 Å². The predicted molar refractivity (Wildman–Crippen MR) is 57.8 cm³/mol. The maximum atomic E-state index is 13.7. The molecule has 0 bridgehead atoms. The van der Waals surface area contributed by atoms with Crippen LogP contribution < -0.4 is 5.32 Å². The van der Waals surface area contributed by atoms with Gasteiger partial charge in [0.1, 0.15) is 11.6 Å². The summed E-state index contributed by atoms with van der Waals surface area (Å²) in [6, 6.07) is 2.55. The van der Waals surface area contributed by atoms with Crippen LogP contribution in [0.15, 0.2) is 12.1 Å². The molecule has 1 rings (SSSR count).